The molecule has 0 aliphatic carbocycles. The second kappa shape index (κ2) is 4.88. The Balaban J connectivity index is 2.59. The van der Waals surface area contributed by atoms with Crippen LogP contribution in [0.1, 0.15) is 10.4 Å². The highest BCUT2D eigenvalue weighted by Gasteiger charge is 2.20. The summed E-state index contributed by atoms with van der Waals surface area (Å²) in [6.45, 7) is 0. The first kappa shape index (κ1) is 14.1. The number of pyridine rings is 1. The van der Waals surface area contributed by atoms with Gasteiger partial charge in [-0.05, 0) is 12.1 Å². The van der Waals surface area contributed by atoms with Gasteiger partial charge in [-0.15, -0.1) is 0 Å². The van der Waals surface area contributed by atoms with E-state index in [-0.39, 0.29) is 16.7 Å². The van der Waals surface area contributed by atoms with Gasteiger partial charge >= 0.3 is 5.97 Å². The van der Waals surface area contributed by atoms with Crippen molar-refractivity contribution in [2.24, 2.45) is 0 Å². The van der Waals surface area contributed by atoms with Crippen molar-refractivity contribution < 1.29 is 14.8 Å². The van der Waals surface area contributed by atoms with Crippen molar-refractivity contribution in [3.8, 4) is 0 Å². The Hall–Kier alpha value is -2.81. The molecule has 0 radical (unpaired) electrons. The van der Waals surface area contributed by atoms with Crippen LogP contribution in [0.5, 0.6) is 0 Å². The molecule has 0 atom stereocenters. The molecular formula is C13H6BrN3O5. The van der Waals surface area contributed by atoms with Crippen molar-refractivity contribution in [3.63, 3.8) is 0 Å². The number of hydrogen-bond donors (Lipinski definition) is 1. The Bertz CT molecular complexity index is 1030. The Kier molecular flexibility index (Phi) is 3.14. The maximum Gasteiger partial charge on any atom is 0.342 e. The minimum absolute atomic E-state index is 0.0282. The van der Waals surface area contributed by atoms with Gasteiger partial charge in [0.1, 0.15) is 10.9 Å². The number of nitro groups is 1. The third-order valence-electron chi connectivity index (χ3n) is 3.20. The number of fused-ring (bicyclic) bond motifs is 3. The second-order valence-corrected chi connectivity index (χ2v) is 5.26. The summed E-state index contributed by atoms with van der Waals surface area (Å²) in [5.41, 5.74) is -1.49. The van der Waals surface area contributed by atoms with E-state index in [0.717, 1.165) is 10.6 Å². The molecule has 0 fully saturated rings. The summed E-state index contributed by atoms with van der Waals surface area (Å²) in [4.78, 5) is 37.7. The van der Waals surface area contributed by atoms with E-state index in [9.17, 15) is 19.7 Å². The Morgan fingerprint density at radius 2 is 2.09 bits per heavy atom. The van der Waals surface area contributed by atoms with E-state index < -0.39 is 22.0 Å². The van der Waals surface area contributed by atoms with Gasteiger partial charge in [-0.3, -0.25) is 19.3 Å². The molecule has 9 heteroatoms. The third-order valence-corrected chi connectivity index (χ3v) is 3.90. The zero-order valence-corrected chi connectivity index (χ0v) is 12.3. The van der Waals surface area contributed by atoms with E-state index in [2.05, 4.69) is 20.9 Å². The lowest BCUT2D eigenvalue weighted by Crippen LogP contribution is -2.22. The fourth-order valence-electron chi connectivity index (χ4n) is 2.22. The Morgan fingerprint density at radius 3 is 2.73 bits per heavy atom. The van der Waals surface area contributed by atoms with Crippen LogP contribution >= 0.6 is 15.9 Å². The van der Waals surface area contributed by atoms with E-state index >= 15 is 0 Å². The number of rotatable bonds is 2. The quantitative estimate of drug-likeness (QED) is 0.424. The van der Waals surface area contributed by atoms with Gasteiger partial charge in [0.2, 0.25) is 0 Å². The summed E-state index contributed by atoms with van der Waals surface area (Å²) < 4.78 is 1.60. The van der Waals surface area contributed by atoms with Gasteiger partial charge in [0.05, 0.1) is 4.92 Å². The van der Waals surface area contributed by atoms with Crippen LogP contribution in [-0.2, 0) is 0 Å². The molecule has 3 aromatic rings. The predicted molar refractivity (Wildman–Crippen MR) is 80.3 cm³/mol. The molecule has 8 nitrogen and oxygen atoms in total. The van der Waals surface area contributed by atoms with E-state index in [1.54, 1.807) is 0 Å². The van der Waals surface area contributed by atoms with Crippen LogP contribution < -0.4 is 5.56 Å². The molecule has 0 aliphatic heterocycles. The number of carboxylic acids is 1. The third kappa shape index (κ3) is 1.94. The lowest BCUT2D eigenvalue weighted by atomic mass is 10.1. The van der Waals surface area contributed by atoms with Gasteiger partial charge < -0.3 is 5.11 Å². The van der Waals surface area contributed by atoms with Crippen LogP contribution in [0.2, 0.25) is 0 Å². The smallest absolute Gasteiger partial charge is 0.342 e. The summed E-state index contributed by atoms with van der Waals surface area (Å²) in [5.74, 6) is -1.41. The van der Waals surface area contributed by atoms with Gasteiger partial charge in [0, 0.05) is 28.3 Å². The van der Waals surface area contributed by atoms with E-state index in [0.29, 0.717) is 9.86 Å². The van der Waals surface area contributed by atoms with Gasteiger partial charge in [0.15, 0.2) is 5.65 Å². The largest absolute Gasteiger partial charge is 0.477 e. The number of non-ortho nitro benzene ring substituents is 1. The van der Waals surface area contributed by atoms with Crippen LogP contribution in [-0.4, -0.2) is 25.4 Å². The molecule has 110 valence electrons. The molecule has 0 saturated carbocycles. The number of hydrogen-bond acceptors (Lipinski definition) is 5. The maximum absolute atomic E-state index is 12.1. The number of carbonyl (C=O) groups is 1. The molecule has 1 aromatic carbocycles. The molecule has 0 amide bonds. The first-order chi connectivity index (χ1) is 10.4. The Labute approximate surface area is 129 Å². The fraction of sp³-hybridized carbons (Fsp3) is 0. The lowest BCUT2D eigenvalue weighted by molar-refractivity contribution is -0.383. The molecule has 2 heterocycles. The van der Waals surface area contributed by atoms with Crippen molar-refractivity contribution in [3.05, 3.63) is 61.1 Å². The number of nitro benzene ring substituents is 1. The van der Waals surface area contributed by atoms with Crippen LogP contribution in [0.3, 0.4) is 0 Å². The molecule has 0 unspecified atom stereocenters. The fourth-order valence-corrected chi connectivity index (χ4v) is 2.68. The summed E-state index contributed by atoms with van der Waals surface area (Å²) in [6, 6.07) is 4.32. The van der Waals surface area contributed by atoms with Crippen LogP contribution in [0, 0.1) is 10.1 Å². The standard InChI is InChI=1S/C13H6BrN3O5/c14-8-1-2-9(17(21)22)10-6(8)3-4-16-11(10)15-5-7(12(16)18)13(19)20/h1-5H,(H,19,20). The number of benzene rings is 1. The molecule has 0 saturated heterocycles. The number of halogens is 1. The predicted octanol–water partition coefficient (Wildman–Crippen LogP) is 2.22. The first-order valence-electron chi connectivity index (χ1n) is 5.92. The van der Waals surface area contributed by atoms with E-state index in [4.69, 9.17) is 5.11 Å². The summed E-state index contributed by atoms with van der Waals surface area (Å²) in [5, 5.41) is 20.8. The van der Waals surface area contributed by atoms with Crippen molar-refractivity contribution in [1.82, 2.24) is 9.38 Å². The normalized spacial score (nSPS) is 11.0. The van der Waals surface area contributed by atoms with E-state index in [1.807, 2.05) is 0 Å². The molecule has 1 N–H and O–H groups in total. The van der Waals surface area contributed by atoms with Gasteiger partial charge in [-0.1, -0.05) is 15.9 Å². The highest BCUT2D eigenvalue weighted by atomic mass is 79.9. The SMILES string of the molecule is O=C(O)c1cnc2c3c([N+](=O)[O-])ccc(Br)c3ccn2c1=O. The number of carboxylic acid groups (broad SMARTS) is 1. The topological polar surface area (TPSA) is 115 Å². The van der Waals surface area contributed by atoms with Gasteiger partial charge in [0.25, 0.3) is 11.2 Å². The summed E-state index contributed by atoms with van der Waals surface area (Å²) in [6.07, 6.45) is 2.25. The molecular weight excluding hydrogens is 358 g/mol. The Morgan fingerprint density at radius 1 is 1.36 bits per heavy atom. The van der Waals surface area contributed by atoms with Crippen LogP contribution in [0.4, 0.5) is 5.69 Å². The average Bonchev–Trinajstić information content (AvgIpc) is 2.47. The monoisotopic (exact) mass is 363 g/mol. The first-order valence-corrected chi connectivity index (χ1v) is 6.71. The number of nitrogens with zero attached hydrogens (tertiary/aromatic N) is 3. The number of aromatic carboxylic acids is 1. The minimum atomic E-state index is -1.41. The average molecular weight is 364 g/mol. The molecule has 3 rings (SSSR count). The van der Waals surface area contributed by atoms with Crippen LogP contribution in [0.15, 0.2) is 39.9 Å². The molecule has 0 aliphatic rings. The molecule has 0 spiro atoms. The van der Waals surface area contributed by atoms with Crippen molar-refractivity contribution >= 4 is 44.0 Å². The lowest BCUT2D eigenvalue weighted by Gasteiger charge is -2.07. The van der Waals surface area contributed by atoms with Gasteiger partial charge in [-0.25, -0.2) is 9.78 Å². The second-order valence-electron chi connectivity index (χ2n) is 4.40. The summed E-state index contributed by atoms with van der Waals surface area (Å²) in [7, 11) is 0. The molecule has 22 heavy (non-hydrogen) atoms. The van der Waals surface area contributed by atoms with Crippen molar-refractivity contribution in [2.75, 3.05) is 0 Å². The zero-order chi connectivity index (χ0) is 16.0. The van der Waals surface area contributed by atoms with E-state index in [1.165, 1.54) is 24.4 Å². The number of aromatic nitrogens is 2. The summed E-state index contributed by atoms with van der Waals surface area (Å²) >= 11 is 3.29. The van der Waals surface area contributed by atoms with Crippen molar-refractivity contribution in [1.29, 1.82) is 0 Å². The highest BCUT2D eigenvalue weighted by Crippen LogP contribution is 2.33. The minimum Gasteiger partial charge on any atom is -0.477 e. The zero-order valence-electron chi connectivity index (χ0n) is 10.7. The highest BCUT2D eigenvalue weighted by molar-refractivity contribution is 9.10. The van der Waals surface area contributed by atoms with Gasteiger partial charge in [-0.2, -0.15) is 0 Å². The molecule has 2 aromatic heterocycles. The maximum atomic E-state index is 12.1. The van der Waals surface area contributed by atoms with Crippen LogP contribution in [0.25, 0.3) is 16.4 Å². The molecule has 0 bridgehead atoms. The van der Waals surface area contributed by atoms with Crippen molar-refractivity contribution in [2.45, 2.75) is 0 Å².